The van der Waals surface area contributed by atoms with Crippen molar-refractivity contribution in [1.82, 2.24) is 5.32 Å². The molecule has 0 radical (unpaired) electrons. The van der Waals surface area contributed by atoms with E-state index in [0.29, 0.717) is 23.4 Å². The van der Waals surface area contributed by atoms with Crippen molar-refractivity contribution < 1.29 is 14.0 Å². The number of anilines is 1. The number of rotatable bonds is 7. The standard InChI is InChI=1S/C25H25FN2O2/c1-3-27-24(29)16-19-9-13-23(14-10-19)28(17-20-5-4-6-22(26)15-20)25(30)21-11-7-18(2)8-12-21/h4-15H,3,16-17H2,1-2H3,(H,27,29). The summed E-state index contributed by atoms with van der Waals surface area (Å²) in [7, 11) is 0. The second-order valence-corrected chi connectivity index (χ2v) is 7.18. The highest BCUT2D eigenvalue weighted by Gasteiger charge is 2.19. The second-order valence-electron chi connectivity index (χ2n) is 7.18. The largest absolute Gasteiger partial charge is 0.356 e. The van der Waals surface area contributed by atoms with E-state index in [1.807, 2.05) is 50.2 Å². The molecule has 0 unspecified atom stereocenters. The van der Waals surface area contributed by atoms with Gasteiger partial charge in [-0.1, -0.05) is 42.0 Å². The zero-order valence-electron chi connectivity index (χ0n) is 17.2. The average molecular weight is 404 g/mol. The summed E-state index contributed by atoms with van der Waals surface area (Å²) >= 11 is 0. The Labute approximate surface area is 176 Å². The highest BCUT2D eigenvalue weighted by Crippen LogP contribution is 2.22. The molecule has 0 heterocycles. The SMILES string of the molecule is CCNC(=O)Cc1ccc(N(Cc2cccc(F)c2)C(=O)c2ccc(C)cc2)cc1. The van der Waals surface area contributed by atoms with Crippen LogP contribution in [0, 0.1) is 12.7 Å². The highest BCUT2D eigenvalue weighted by molar-refractivity contribution is 6.06. The minimum atomic E-state index is -0.340. The predicted molar refractivity (Wildman–Crippen MR) is 117 cm³/mol. The van der Waals surface area contributed by atoms with Crippen LogP contribution in [0.25, 0.3) is 0 Å². The summed E-state index contributed by atoms with van der Waals surface area (Å²) in [4.78, 5) is 26.7. The molecule has 1 N–H and O–H groups in total. The third-order valence-corrected chi connectivity index (χ3v) is 4.76. The van der Waals surface area contributed by atoms with E-state index >= 15 is 0 Å². The summed E-state index contributed by atoms with van der Waals surface area (Å²) < 4.78 is 13.7. The molecule has 0 aliphatic rings. The van der Waals surface area contributed by atoms with Gasteiger partial charge in [0.25, 0.3) is 5.91 Å². The number of benzene rings is 3. The molecular weight excluding hydrogens is 379 g/mol. The fourth-order valence-electron chi connectivity index (χ4n) is 3.19. The number of amides is 2. The fraction of sp³-hybridized carbons (Fsp3) is 0.200. The molecule has 3 aromatic carbocycles. The lowest BCUT2D eigenvalue weighted by Gasteiger charge is -2.24. The molecular formula is C25H25FN2O2. The van der Waals surface area contributed by atoms with Crippen LogP contribution in [0.1, 0.15) is 34.0 Å². The maximum atomic E-state index is 13.7. The Balaban J connectivity index is 1.89. The van der Waals surface area contributed by atoms with E-state index in [1.165, 1.54) is 12.1 Å². The zero-order valence-corrected chi connectivity index (χ0v) is 17.2. The van der Waals surface area contributed by atoms with Gasteiger partial charge in [-0.2, -0.15) is 0 Å². The molecule has 0 aliphatic heterocycles. The average Bonchev–Trinajstić information content (AvgIpc) is 2.73. The molecule has 5 heteroatoms. The number of aryl methyl sites for hydroxylation is 1. The van der Waals surface area contributed by atoms with Crippen molar-refractivity contribution >= 4 is 17.5 Å². The molecule has 0 saturated heterocycles. The molecule has 0 spiro atoms. The topological polar surface area (TPSA) is 49.4 Å². The van der Waals surface area contributed by atoms with Crippen molar-refractivity contribution in [2.24, 2.45) is 0 Å². The lowest BCUT2D eigenvalue weighted by Crippen LogP contribution is -2.30. The Morgan fingerprint density at radius 3 is 2.27 bits per heavy atom. The quantitative estimate of drug-likeness (QED) is 0.623. The van der Waals surface area contributed by atoms with Crippen molar-refractivity contribution in [3.8, 4) is 0 Å². The highest BCUT2D eigenvalue weighted by atomic mass is 19.1. The number of nitrogens with one attached hydrogen (secondary N) is 1. The van der Waals surface area contributed by atoms with E-state index in [9.17, 15) is 14.0 Å². The number of carbonyl (C=O) groups excluding carboxylic acids is 2. The van der Waals surface area contributed by atoms with Crippen LogP contribution >= 0.6 is 0 Å². The monoisotopic (exact) mass is 404 g/mol. The van der Waals surface area contributed by atoms with E-state index in [0.717, 1.165) is 11.1 Å². The molecule has 0 aliphatic carbocycles. The van der Waals surface area contributed by atoms with Gasteiger partial charge in [0.05, 0.1) is 13.0 Å². The van der Waals surface area contributed by atoms with Crippen LogP contribution in [0.4, 0.5) is 10.1 Å². The Kier molecular flexibility index (Phi) is 6.96. The third kappa shape index (κ3) is 5.54. The molecule has 0 fully saturated rings. The fourth-order valence-corrected chi connectivity index (χ4v) is 3.19. The molecule has 0 bridgehead atoms. The second kappa shape index (κ2) is 9.83. The van der Waals surface area contributed by atoms with Crippen molar-refractivity contribution in [1.29, 1.82) is 0 Å². The van der Waals surface area contributed by atoms with E-state index < -0.39 is 0 Å². The van der Waals surface area contributed by atoms with Crippen LogP contribution in [0.15, 0.2) is 72.8 Å². The molecule has 30 heavy (non-hydrogen) atoms. The van der Waals surface area contributed by atoms with E-state index in [1.54, 1.807) is 29.2 Å². The first-order chi connectivity index (χ1) is 14.5. The minimum Gasteiger partial charge on any atom is -0.356 e. The number of carbonyl (C=O) groups is 2. The maximum absolute atomic E-state index is 13.7. The molecule has 154 valence electrons. The molecule has 3 aromatic rings. The summed E-state index contributed by atoms with van der Waals surface area (Å²) in [6.07, 6.45) is 0.282. The molecule has 3 rings (SSSR count). The van der Waals surface area contributed by atoms with Crippen molar-refractivity contribution in [2.75, 3.05) is 11.4 Å². The number of hydrogen-bond donors (Lipinski definition) is 1. The van der Waals surface area contributed by atoms with E-state index in [2.05, 4.69) is 5.32 Å². The molecule has 2 amide bonds. The molecule has 4 nitrogen and oxygen atoms in total. The molecule has 0 aromatic heterocycles. The Morgan fingerprint density at radius 2 is 1.63 bits per heavy atom. The first-order valence-electron chi connectivity index (χ1n) is 9.95. The van der Waals surface area contributed by atoms with Gasteiger partial charge in [0, 0.05) is 17.8 Å². The van der Waals surface area contributed by atoms with Crippen molar-refractivity contribution in [3.05, 3.63) is 101 Å². The molecule has 0 saturated carbocycles. The van der Waals surface area contributed by atoms with Crippen LogP contribution in [0.3, 0.4) is 0 Å². The van der Waals surface area contributed by atoms with E-state index in [4.69, 9.17) is 0 Å². The summed E-state index contributed by atoms with van der Waals surface area (Å²) in [6.45, 7) is 4.66. The van der Waals surface area contributed by atoms with Crippen molar-refractivity contribution in [2.45, 2.75) is 26.8 Å². The van der Waals surface area contributed by atoms with Gasteiger partial charge in [-0.15, -0.1) is 0 Å². The van der Waals surface area contributed by atoms with Gasteiger partial charge in [0.15, 0.2) is 0 Å². The van der Waals surface area contributed by atoms with Crippen molar-refractivity contribution in [3.63, 3.8) is 0 Å². The van der Waals surface area contributed by atoms with Crippen LogP contribution in [0.5, 0.6) is 0 Å². The lowest BCUT2D eigenvalue weighted by atomic mass is 10.1. The molecule has 0 atom stereocenters. The van der Waals surface area contributed by atoms with Gasteiger partial charge < -0.3 is 10.2 Å². The maximum Gasteiger partial charge on any atom is 0.258 e. The number of halogens is 1. The summed E-state index contributed by atoms with van der Waals surface area (Å²) in [6, 6.07) is 20.9. The Bertz CT molecular complexity index is 1010. The first kappa shape index (κ1) is 21.2. The van der Waals surface area contributed by atoms with Gasteiger partial charge in [-0.05, 0) is 61.4 Å². The predicted octanol–water partition coefficient (Wildman–Crippen LogP) is 4.66. The third-order valence-electron chi connectivity index (χ3n) is 4.76. The first-order valence-corrected chi connectivity index (χ1v) is 9.95. The zero-order chi connectivity index (χ0) is 21.5. The van der Waals surface area contributed by atoms with Gasteiger partial charge in [0.1, 0.15) is 5.82 Å². The van der Waals surface area contributed by atoms with Gasteiger partial charge in [-0.25, -0.2) is 4.39 Å². The van der Waals surface area contributed by atoms with E-state index in [-0.39, 0.29) is 30.6 Å². The van der Waals surface area contributed by atoms with Gasteiger partial charge in [-0.3, -0.25) is 9.59 Å². The smallest absolute Gasteiger partial charge is 0.258 e. The Morgan fingerprint density at radius 1 is 0.933 bits per heavy atom. The number of hydrogen-bond acceptors (Lipinski definition) is 2. The van der Waals surface area contributed by atoms with Gasteiger partial charge >= 0.3 is 0 Å². The van der Waals surface area contributed by atoms with Crippen LogP contribution in [-0.4, -0.2) is 18.4 Å². The summed E-state index contributed by atoms with van der Waals surface area (Å²) in [5, 5.41) is 2.77. The summed E-state index contributed by atoms with van der Waals surface area (Å²) in [5.41, 5.74) is 3.87. The van der Waals surface area contributed by atoms with Crippen LogP contribution in [-0.2, 0) is 17.8 Å². The minimum absolute atomic E-state index is 0.0439. The normalized spacial score (nSPS) is 10.5. The van der Waals surface area contributed by atoms with Crippen LogP contribution < -0.4 is 10.2 Å². The summed E-state index contributed by atoms with van der Waals surface area (Å²) in [5.74, 6) is -0.555. The van der Waals surface area contributed by atoms with Crippen LogP contribution in [0.2, 0.25) is 0 Å². The number of nitrogens with zero attached hydrogens (tertiary/aromatic N) is 1. The van der Waals surface area contributed by atoms with Gasteiger partial charge in [0.2, 0.25) is 5.91 Å². The lowest BCUT2D eigenvalue weighted by molar-refractivity contribution is -0.120. The number of likely N-dealkylation sites (N-methyl/N-ethyl adjacent to an activating group) is 1. The Hall–Kier alpha value is -3.47.